The molecule has 0 N–H and O–H groups in total. The summed E-state index contributed by atoms with van der Waals surface area (Å²) in [4.78, 5) is 14.7. The molecule has 15 heavy (non-hydrogen) atoms. The lowest BCUT2D eigenvalue weighted by Crippen LogP contribution is -2.49. The highest BCUT2D eigenvalue weighted by molar-refractivity contribution is 5.73. The van der Waals surface area contributed by atoms with E-state index in [9.17, 15) is 9.18 Å². The third-order valence-electron chi connectivity index (χ3n) is 3.02. The third-order valence-corrected chi connectivity index (χ3v) is 3.02. The Kier molecular flexibility index (Phi) is 4.51. The zero-order chi connectivity index (χ0) is 11.4. The van der Waals surface area contributed by atoms with Crippen LogP contribution in [-0.2, 0) is 4.79 Å². The molecule has 0 aromatic rings. The van der Waals surface area contributed by atoms with Crippen LogP contribution < -0.4 is 0 Å². The minimum atomic E-state index is -0.843. The monoisotopic (exact) mass is 216 g/mol. The largest absolute Gasteiger partial charge is 0.338 e. The fourth-order valence-electron chi connectivity index (χ4n) is 2.02. The Bertz CT molecular complexity index is 219. The van der Waals surface area contributed by atoms with Crippen LogP contribution in [0.1, 0.15) is 27.2 Å². The maximum atomic E-state index is 13.4. The van der Waals surface area contributed by atoms with E-state index in [4.69, 9.17) is 0 Å². The van der Waals surface area contributed by atoms with Crippen LogP contribution in [0.3, 0.4) is 0 Å². The molecule has 0 spiro atoms. The number of carbonyl (C=O) groups is 1. The van der Waals surface area contributed by atoms with E-state index < -0.39 is 6.17 Å². The predicted molar refractivity (Wildman–Crippen MR) is 58.5 cm³/mol. The Labute approximate surface area is 91.2 Å². The molecule has 2 atom stereocenters. The van der Waals surface area contributed by atoms with Crippen LogP contribution in [-0.4, -0.2) is 54.1 Å². The van der Waals surface area contributed by atoms with Crippen molar-refractivity contribution in [3.05, 3.63) is 0 Å². The molecule has 2 heterocycles. The van der Waals surface area contributed by atoms with E-state index in [2.05, 4.69) is 4.90 Å². The van der Waals surface area contributed by atoms with Gasteiger partial charge in [-0.2, -0.15) is 0 Å². The van der Waals surface area contributed by atoms with Crippen LogP contribution in [0.4, 0.5) is 4.39 Å². The summed E-state index contributed by atoms with van der Waals surface area (Å²) in [5, 5.41) is 0. The van der Waals surface area contributed by atoms with E-state index in [-0.39, 0.29) is 18.5 Å². The van der Waals surface area contributed by atoms with Gasteiger partial charge in [0.25, 0.3) is 0 Å². The number of likely N-dealkylation sites (tertiary alicyclic amines) is 2. The Morgan fingerprint density at radius 3 is 2.20 bits per heavy atom. The summed E-state index contributed by atoms with van der Waals surface area (Å²) in [7, 11) is 0. The van der Waals surface area contributed by atoms with E-state index in [1.54, 1.807) is 4.90 Å². The van der Waals surface area contributed by atoms with Gasteiger partial charge >= 0.3 is 0 Å². The van der Waals surface area contributed by atoms with Crippen LogP contribution in [0.2, 0.25) is 0 Å². The number of rotatable bonds is 1. The molecule has 2 rings (SSSR count). The highest BCUT2D eigenvalue weighted by atomic mass is 19.1. The summed E-state index contributed by atoms with van der Waals surface area (Å²) < 4.78 is 13.4. The minimum absolute atomic E-state index is 0.00864. The summed E-state index contributed by atoms with van der Waals surface area (Å²) in [6.07, 6.45) is 0.327. The van der Waals surface area contributed by atoms with Crippen molar-refractivity contribution in [3.63, 3.8) is 0 Å². The van der Waals surface area contributed by atoms with Crippen molar-refractivity contribution in [2.24, 2.45) is 0 Å². The number of alkyl halides is 1. The smallest absolute Gasteiger partial charge is 0.219 e. The Balaban J connectivity index is 0.000000531. The Morgan fingerprint density at radius 1 is 1.27 bits per heavy atom. The lowest BCUT2D eigenvalue weighted by atomic mass is 10.1. The van der Waals surface area contributed by atoms with Gasteiger partial charge < -0.3 is 4.90 Å². The molecule has 0 aromatic heterocycles. The van der Waals surface area contributed by atoms with Crippen molar-refractivity contribution in [3.8, 4) is 0 Å². The van der Waals surface area contributed by atoms with Gasteiger partial charge in [-0.15, -0.1) is 0 Å². The molecule has 2 fully saturated rings. The number of halogens is 1. The van der Waals surface area contributed by atoms with E-state index in [0.717, 1.165) is 13.1 Å². The van der Waals surface area contributed by atoms with Crippen LogP contribution in [0.5, 0.6) is 0 Å². The molecule has 2 aliphatic rings. The van der Waals surface area contributed by atoms with Crippen LogP contribution in [0, 0.1) is 0 Å². The van der Waals surface area contributed by atoms with Gasteiger partial charge in [0.05, 0.1) is 12.6 Å². The average Bonchev–Trinajstić information content (AvgIpc) is 2.49. The minimum Gasteiger partial charge on any atom is -0.338 e. The molecular formula is C11H21FN2O. The lowest BCUT2D eigenvalue weighted by molar-refractivity contribution is -0.128. The van der Waals surface area contributed by atoms with Crippen molar-refractivity contribution in [1.82, 2.24) is 9.80 Å². The van der Waals surface area contributed by atoms with Crippen molar-refractivity contribution in [2.75, 3.05) is 26.2 Å². The number of hydrogen-bond donors (Lipinski definition) is 0. The van der Waals surface area contributed by atoms with Gasteiger partial charge in [-0.3, -0.25) is 9.69 Å². The number of carbonyl (C=O) groups excluding carboxylic acids is 1. The SMILES string of the molecule is CC.CC(=O)N1CC(F)C(N2CCC2)C1. The summed E-state index contributed by atoms with van der Waals surface area (Å²) in [6, 6.07) is -0.0300. The predicted octanol–water partition coefficient (Wildman–Crippen LogP) is 1.29. The zero-order valence-electron chi connectivity index (χ0n) is 9.87. The molecular weight excluding hydrogens is 195 g/mol. The molecule has 2 aliphatic heterocycles. The fraction of sp³-hybridized carbons (Fsp3) is 0.909. The van der Waals surface area contributed by atoms with Gasteiger partial charge in [0, 0.05) is 13.5 Å². The van der Waals surface area contributed by atoms with Crippen molar-refractivity contribution < 1.29 is 9.18 Å². The van der Waals surface area contributed by atoms with Gasteiger partial charge in [-0.05, 0) is 19.5 Å². The molecule has 4 heteroatoms. The Hall–Kier alpha value is -0.640. The first-order chi connectivity index (χ1) is 7.18. The summed E-state index contributed by atoms with van der Waals surface area (Å²) in [5.74, 6) is -0.00864. The molecule has 0 radical (unpaired) electrons. The van der Waals surface area contributed by atoms with Crippen LogP contribution in [0.15, 0.2) is 0 Å². The van der Waals surface area contributed by atoms with E-state index in [1.807, 2.05) is 13.8 Å². The van der Waals surface area contributed by atoms with E-state index >= 15 is 0 Å². The van der Waals surface area contributed by atoms with Gasteiger partial charge in [0.2, 0.25) is 5.91 Å². The normalized spacial score (nSPS) is 30.5. The van der Waals surface area contributed by atoms with Crippen molar-refractivity contribution in [1.29, 1.82) is 0 Å². The first-order valence-electron chi connectivity index (χ1n) is 5.82. The molecule has 0 aliphatic carbocycles. The van der Waals surface area contributed by atoms with E-state index in [1.165, 1.54) is 13.3 Å². The zero-order valence-corrected chi connectivity index (χ0v) is 9.87. The third kappa shape index (κ3) is 2.68. The van der Waals surface area contributed by atoms with Crippen LogP contribution in [0.25, 0.3) is 0 Å². The average molecular weight is 216 g/mol. The van der Waals surface area contributed by atoms with Crippen LogP contribution >= 0.6 is 0 Å². The fourth-order valence-corrected chi connectivity index (χ4v) is 2.02. The second-order valence-corrected chi connectivity index (χ2v) is 3.90. The van der Waals surface area contributed by atoms with Gasteiger partial charge in [-0.1, -0.05) is 13.8 Å². The van der Waals surface area contributed by atoms with E-state index in [0.29, 0.717) is 6.54 Å². The summed E-state index contributed by atoms with van der Waals surface area (Å²) in [6.45, 7) is 8.37. The topological polar surface area (TPSA) is 23.6 Å². The van der Waals surface area contributed by atoms with Crippen molar-refractivity contribution >= 4 is 5.91 Å². The highest BCUT2D eigenvalue weighted by Crippen LogP contribution is 2.23. The number of amides is 1. The molecule has 0 bridgehead atoms. The maximum Gasteiger partial charge on any atom is 0.219 e. The highest BCUT2D eigenvalue weighted by Gasteiger charge is 2.39. The second-order valence-electron chi connectivity index (χ2n) is 3.90. The number of nitrogens with zero attached hydrogens (tertiary/aromatic N) is 2. The quantitative estimate of drug-likeness (QED) is 0.659. The van der Waals surface area contributed by atoms with Gasteiger partial charge in [0.1, 0.15) is 6.17 Å². The second kappa shape index (κ2) is 5.45. The first kappa shape index (κ1) is 12.4. The number of hydrogen-bond acceptors (Lipinski definition) is 2. The Morgan fingerprint density at radius 2 is 1.87 bits per heavy atom. The molecule has 3 nitrogen and oxygen atoms in total. The molecule has 0 saturated carbocycles. The molecule has 88 valence electrons. The van der Waals surface area contributed by atoms with Gasteiger partial charge in [0.15, 0.2) is 0 Å². The van der Waals surface area contributed by atoms with Gasteiger partial charge in [-0.25, -0.2) is 4.39 Å². The first-order valence-corrected chi connectivity index (χ1v) is 5.82. The molecule has 2 saturated heterocycles. The lowest BCUT2D eigenvalue weighted by Gasteiger charge is -2.36. The van der Waals surface area contributed by atoms with Crippen molar-refractivity contribution in [2.45, 2.75) is 39.4 Å². The summed E-state index contributed by atoms with van der Waals surface area (Å²) in [5.41, 5.74) is 0. The summed E-state index contributed by atoms with van der Waals surface area (Å²) >= 11 is 0. The maximum absolute atomic E-state index is 13.4. The molecule has 1 amide bonds. The standard InChI is InChI=1S/C9H15FN2O.C2H6/c1-7(13)12-5-8(10)9(6-12)11-3-2-4-11;1-2/h8-9H,2-6H2,1H3;1-2H3. The molecule has 0 aromatic carbocycles. The molecule has 2 unspecified atom stereocenters.